The molecule has 0 N–H and O–H groups in total. The fourth-order valence-corrected chi connectivity index (χ4v) is 2.83. The van der Waals surface area contributed by atoms with Crippen molar-refractivity contribution in [2.75, 3.05) is 0 Å². The van der Waals surface area contributed by atoms with Crippen LogP contribution in [0.5, 0.6) is 0 Å². The van der Waals surface area contributed by atoms with E-state index in [2.05, 4.69) is 11.9 Å². The summed E-state index contributed by atoms with van der Waals surface area (Å²) in [6, 6.07) is 0. The molecule has 1 saturated carbocycles. The zero-order chi connectivity index (χ0) is 10.7. The van der Waals surface area contributed by atoms with Gasteiger partial charge in [-0.2, -0.15) is 0 Å². The highest BCUT2D eigenvalue weighted by Crippen LogP contribution is 2.29. The number of Topliss-reactive ketones (excluding diaryl/α,β-unsaturated/α-hetero) is 1. The van der Waals surface area contributed by atoms with Gasteiger partial charge in [0.1, 0.15) is 5.78 Å². The quantitative estimate of drug-likeness (QED) is 0.788. The molecule has 0 amide bonds. The smallest absolute Gasteiger partial charge is 0.141 e. The summed E-state index contributed by atoms with van der Waals surface area (Å²) in [7, 11) is 0. The second-order valence-electron chi connectivity index (χ2n) is 4.57. The summed E-state index contributed by atoms with van der Waals surface area (Å²) in [5.41, 5.74) is 1.80. The van der Waals surface area contributed by atoms with Crippen LogP contribution in [0.2, 0.25) is 0 Å². The summed E-state index contributed by atoms with van der Waals surface area (Å²) >= 11 is 1.58. The molecule has 1 aromatic heterocycles. The van der Waals surface area contributed by atoms with E-state index >= 15 is 0 Å². The van der Waals surface area contributed by atoms with Crippen LogP contribution >= 0.6 is 11.3 Å². The second-order valence-corrected chi connectivity index (χ2v) is 5.54. The lowest BCUT2D eigenvalue weighted by atomic mass is 9.80. The monoisotopic (exact) mass is 223 g/mol. The number of carbonyl (C=O) groups excluding carboxylic acids is 1. The molecule has 3 heteroatoms. The lowest BCUT2D eigenvalue weighted by Crippen LogP contribution is -2.22. The first-order valence-corrected chi connectivity index (χ1v) is 6.53. The van der Waals surface area contributed by atoms with Crippen molar-refractivity contribution >= 4 is 17.1 Å². The molecule has 0 aliphatic heterocycles. The molecule has 0 saturated heterocycles. The summed E-state index contributed by atoms with van der Waals surface area (Å²) in [4.78, 5) is 17.1. The van der Waals surface area contributed by atoms with Crippen molar-refractivity contribution in [3.8, 4) is 0 Å². The molecule has 0 unspecified atom stereocenters. The topological polar surface area (TPSA) is 30.0 Å². The summed E-state index contributed by atoms with van der Waals surface area (Å²) in [6.07, 6.45) is 7.05. The van der Waals surface area contributed by atoms with Crippen LogP contribution in [0.1, 0.15) is 37.5 Å². The lowest BCUT2D eigenvalue weighted by molar-refractivity contribution is -0.123. The normalized spacial score (nSPS) is 26.5. The standard InChI is InChI=1S/C12H17NOS/c1-9-2-4-10(5-3-9)12(14)6-11-7-13-8-15-11/h7-10H,2-6H2,1H3. The van der Waals surface area contributed by atoms with Crippen molar-refractivity contribution in [3.63, 3.8) is 0 Å². The summed E-state index contributed by atoms with van der Waals surface area (Å²) in [5.74, 6) is 1.56. The fourth-order valence-electron chi connectivity index (χ4n) is 2.23. The number of thiazole rings is 1. The second kappa shape index (κ2) is 4.88. The van der Waals surface area contributed by atoms with Gasteiger partial charge in [0, 0.05) is 23.4 Å². The van der Waals surface area contributed by atoms with E-state index in [1.54, 1.807) is 16.8 Å². The molecular formula is C12H17NOS. The lowest BCUT2D eigenvalue weighted by Gasteiger charge is -2.24. The van der Waals surface area contributed by atoms with Crippen LogP contribution in [-0.4, -0.2) is 10.8 Å². The third-order valence-corrected chi connectivity index (χ3v) is 4.08. The maximum Gasteiger partial charge on any atom is 0.141 e. The van der Waals surface area contributed by atoms with E-state index in [1.165, 1.54) is 12.8 Å². The van der Waals surface area contributed by atoms with Gasteiger partial charge in [-0.15, -0.1) is 11.3 Å². The van der Waals surface area contributed by atoms with Crippen LogP contribution in [0.3, 0.4) is 0 Å². The molecule has 1 aliphatic rings. The summed E-state index contributed by atoms with van der Waals surface area (Å²) < 4.78 is 0. The maximum atomic E-state index is 12.0. The van der Waals surface area contributed by atoms with Crippen LogP contribution in [0.15, 0.2) is 11.7 Å². The molecule has 1 heterocycles. The van der Waals surface area contributed by atoms with Crippen molar-refractivity contribution in [1.82, 2.24) is 4.98 Å². The molecule has 1 aromatic rings. The van der Waals surface area contributed by atoms with Gasteiger partial charge in [-0.05, 0) is 18.8 Å². The van der Waals surface area contributed by atoms with E-state index < -0.39 is 0 Å². The first-order valence-electron chi connectivity index (χ1n) is 5.66. The van der Waals surface area contributed by atoms with E-state index in [9.17, 15) is 4.79 Å². The summed E-state index contributed by atoms with van der Waals surface area (Å²) in [6.45, 7) is 2.28. The minimum absolute atomic E-state index is 0.322. The number of hydrogen-bond acceptors (Lipinski definition) is 3. The Morgan fingerprint density at radius 1 is 1.47 bits per heavy atom. The van der Waals surface area contributed by atoms with Crippen molar-refractivity contribution in [2.24, 2.45) is 11.8 Å². The van der Waals surface area contributed by atoms with Crippen molar-refractivity contribution < 1.29 is 4.79 Å². The molecule has 0 atom stereocenters. The largest absolute Gasteiger partial charge is 0.299 e. The first kappa shape index (κ1) is 10.8. The predicted octanol–water partition coefficient (Wildman–Crippen LogP) is 3.08. The predicted molar refractivity (Wildman–Crippen MR) is 61.9 cm³/mol. The highest BCUT2D eigenvalue weighted by Gasteiger charge is 2.24. The van der Waals surface area contributed by atoms with Crippen molar-refractivity contribution in [3.05, 3.63) is 16.6 Å². The molecule has 1 fully saturated rings. The highest BCUT2D eigenvalue weighted by molar-refractivity contribution is 7.09. The number of carbonyl (C=O) groups is 1. The van der Waals surface area contributed by atoms with Crippen LogP contribution in [0.25, 0.3) is 0 Å². The Balaban J connectivity index is 1.86. The third-order valence-electron chi connectivity index (χ3n) is 3.30. The van der Waals surface area contributed by atoms with Gasteiger partial charge < -0.3 is 0 Å². The Morgan fingerprint density at radius 3 is 2.80 bits per heavy atom. The van der Waals surface area contributed by atoms with E-state index in [1.807, 2.05) is 6.20 Å². The number of hydrogen-bond donors (Lipinski definition) is 0. The van der Waals surface area contributed by atoms with Crippen LogP contribution in [-0.2, 0) is 11.2 Å². The molecule has 0 aromatic carbocycles. The Hall–Kier alpha value is -0.700. The molecule has 1 aliphatic carbocycles. The molecular weight excluding hydrogens is 206 g/mol. The average molecular weight is 223 g/mol. The number of aromatic nitrogens is 1. The first-order chi connectivity index (χ1) is 7.25. The van der Waals surface area contributed by atoms with Gasteiger partial charge >= 0.3 is 0 Å². The summed E-state index contributed by atoms with van der Waals surface area (Å²) in [5, 5.41) is 0. The highest BCUT2D eigenvalue weighted by atomic mass is 32.1. The van der Waals surface area contributed by atoms with Crippen molar-refractivity contribution in [1.29, 1.82) is 0 Å². The minimum Gasteiger partial charge on any atom is -0.299 e. The Morgan fingerprint density at radius 2 is 2.20 bits per heavy atom. The van der Waals surface area contributed by atoms with Crippen LogP contribution in [0, 0.1) is 11.8 Å². The number of ketones is 1. The zero-order valence-electron chi connectivity index (χ0n) is 9.11. The van der Waals surface area contributed by atoms with E-state index in [-0.39, 0.29) is 0 Å². The minimum atomic E-state index is 0.322. The SMILES string of the molecule is CC1CCC(C(=O)Cc2cncs2)CC1. The molecule has 15 heavy (non-hydrogen) atoms. The van der Waals surface area contributed by atoms with E-state index in [0.29, 0.717) is 18.1 Å². The Bertz CT molecular complexity index is 312. The molecule has 82 valence electrons. The third kappa shape index (κ3) is 2.88. The van der Waals surface area contributed by atoms with Crippen LogP contribution in [0.4, 0.5) is 0 Å². The van der Waals surface area contributed by atoms with Gasteiger partial charge in [-0.25, -0.2) is 0 Å². The Labute approximate surface area is 94.7 Å². The Kier molecular flexibility index (Phi) is 3.52. The van der Waals surface area contributed by atoms with E-state index in [4.69, 9.17) is 0 Å². The number of nitrogens with zero attached hydrogens (tertiary/aromatic N) is 1. The van der Waals surface area contributed by atoms with Gasteiger partial charge in [-0.1, -0.05) is 19.8 Å². The zero-order valence-corrected chi connectivity index (χ0v) is 9.93. The molecule has 2 rings (SSSR count). The number of rotatable bonds is 3. The molecule has 0 radical (unpaired) electrons. The average Bonchev–Trinajstić information content (AvgIpc) is 2.71. The molecule has 2 nitrogen and oxygen atoms in total. The maximum absolute atomic E-state index is 12.0. The van der Waals surface area contributed by atoms with Crippen molar-refractivity contribution in [2.45, 2.75) is 39.0 Å². The van der Waals surface area contributed by atoms with Gasteiger partial charge in [0.2, 0.25) is 0 Å². The van der Waals surface area contributed by atoms with Gasteiger partial charge in [0.05, 0.1) is 5.51 Å². The van der Waals surface area contributed by atoms with Gasteiger partial charge in [0.15, 0.2) is 0 Å². The molecule has 0 bridgehead atoms. The molecule has 0 spiro atoms. The van der Waals surface area contributed by atoms with Gasteiger partial charge in [0.25, 0.3) is 0 Å². The van der Waals surface area contributed by atoms with Crippen LogP contribution < -0.4 is 0 Å². The van der Waals surface area contributed by atoms with Gasteiger partial charge in [-0.3, -0.25) is 9.78 Å². The van der Waals surface area contributed by atoms with E-state index in [0.717, 1.165) is 23.6 Å². The fraction of sp³-hybridized carbons (Fsp3) is 0.667.